The Labute approximate surface area is 305 Å². The number of methoxy groups -OCH3 is 2. The number of piperidine rings is 1. The molecule has 3 amide bonds. The molecule has 3 aliphatic rings. The van der Waals surface area contributed by atoms with E-state index < -0.39 is 27.5 Å². The molecule has 0 saturated carbocycles. The van der Waals surface area contributed by atoms with Crippen molar-refractivity contribution in [2.24, 2.45) is 0 Å². The van der Waals surface area contributed by atoms with Gasteiger partial charge in [0.05, 0.1) is 43.7 Å². The normalized spacial score (nSPS) is 19.7. The van der Waals surface area contributed by atoms with Crippen LogP contribution in [-0.2, 0) is 20.4 Å². The van der Waals surface area contributed by atoms with Gasteiger partial charge in [-0.05, 0) is 81.9 Å². The molecule has 3 aliphatic heterocycles. The van der Waals surface area contributed by atoms with Crippen LogP contribution >= 0.6 is 0 Å². The minimum Gasteiger partial charge on any atom is -0.497 e. The van der Waals surface area contributed by atoms with Crippen LogP contribution in [0.1, 0.15) is 50.8 Å². The van der Waals surface area contributed by atoms with Crippen LogP contribution in [0.25, 0.3) is 0 Å². The van der Waals surface area contributed by atoms with Crippen LogP contribution < -0.4 is 23.8 Å². The van der Waals surface area contributed by atoms with E-state index in [4.69, 9.17) is 14.2 Å². The number of nitriles is 1. The highest BCUT2D eigenvalue weighted by Crippen LogP contribution is 2.50. The van der Waals surface area contributed by atoms with E-state index >= 15 is 4.79 Å². The summed E-state index contributed by atoms with van der Waals surface area (Å²) in [4.78, 5) is 40.1. The Kier molecular flexibility index (Phi) is 11.6. The van der Waals surface area contributed by atoms with Crippen LogP contribution in [0.5, 0.6) is 17.4 Å². The molecule has 4 heterocycles. The molecule has 15 heteroatoms. The van der Waals surface area contributed by atoms with Crippen LogP contribution in [0.15, 0.2) is 59.6 Å². The number of carbonyl (C=O) groups is 2. The lowest BCUT2D eigenvalue weighted by atomic mass is 9.83. The molecule has 0 aliphatic carbocycles. The van der Waals surface area contributed by atoms with E-state index in [0.29, 0.717) is 42.3 Å². The van der Waals surface area contributed by atoms with Crippen molar-refractivity contribution >= 4 is 27.6 Å². The summed E-state index contributed by atoms with van der Waals surface area (Å²) >= 11 is 0. The number of rotatable bonds is 10. The van der Waals surface area contributed by atoms with Gasteiger partial charge in [0.25, 0.3) is 15.9 Å². The molecule has 3 aromatic rings. The highest BCUT2D eigenvalue weighted by atomic mass is 32.2. The molecule has 14 nitrogen and oxygen atoms in total. The second kappa shape index (κ2) is 15.8. The third kappa shape index (κ3) is 6.73. The van der Waals surface area contributed by atoms with Crippen LogP contribution in [0.2, 0.25) is 0 Å². The lowest BCUT2D eigenvalue weighted by Crippen LogP contribution is -2.61. The number of urea groups is 1. The first kappa shape index (κ1) is 38.3. The molecular weight excluding hydrogens is 687 g/mol. The molecule has 1 aromatic heterocycles. The summed E-state index contributed by atoms with van der Waals surface area (Å²) < 4.78 is 46.5. The molecule has 52 heavy (non-hydrogen) atoms. The Morgan fingerprint density at radius 1 is 1.00 bits per heavy atom. The first-order valence-electron chi connectivity index (χ1n) is 17.1. The monoisotopic (exact) mass is 733 g/mol. The number of sulfonamides is 1. The predicted molar refractivity (Wildman–Crippen MR) is 195 cm³/mol. The van der Waals surface area contributed by atoms with E-state index in [-0.39, 0.29) is 52.9 Å². The van der Waals surface area contributed by atoms with Crippen molar-refractivity contribution in [3.05, 3.63) is 71.4 Å². The number of hydrogen-bond acceptors (Lipinski definition) is 11. The van der Waals surface area contributed by atoms with Crippen molar-refractivity contribution in [2.75, 3.05) is 70.9 Å². The zero-order valence-electron chi connectivity index (χ0n) is 29.3. The van der Waals surface area contributed by atoms with Gasteiger partial charge in [0.1, 0.15) is 16.4 Å². The molecule has 2 fully saturated rings. The van der Waals surface area contributed by atoms with Crippen LogP contribution in [-0.4, -0.2) is 113 Å². The van der Waals surface area contributed by atoms with Crippen molar-refractivity contribution in [1.82, 2.24) is 25.0 Å². The Morgan fingerprint density at radius 3 is 2.37 bits per heavy atom. The maximum absolute atomic E-state index is 15.2. The number of nitrogens with zero attached hydrogens (tertiary/aromatic N) is 6. The van der Waals surface area contributed by atoms with Gasteiger partial charge in [0, 0.05) is 50.0 Å². The Morgan fingerprint density at radius 2 is 1.73 bits per heavy atom. The zero-order chi connectivity index (χ0) is 36.3. The van der Waals surface area contributed by atoms with Gasteiger partial charge in [-0.2, -0.15) is 9.57 Å². The molecule has 0 radical (unpaired) electrons. The molecule has 0 bridgehead atoms. The molecule has 2 saturated heterocycles. The maximum Gasteiger partial charge on any atom is 0.318 e. The lowest BCUT2D eigenvalue weighted by Gasteiger charge is -2.43. The van der Waals surface area contributed by atoms with Gasteiger partial charge in [-0.3, -0.25) is 9.69 Å². The third-order valence-electron chi connectivity index (χ3n) is 10.0. The number of nitrogens with one attached hydrogen (secondary N) is 1. The number of anilines is 1. The number of hydrogen-bond donors (Lipinski definition) is 1. The highest BCUT2D eigenvalue weighted by molar-refractivity contribution is 7.93. The van der Waals surface area contributed by atoms with Crippen molar-refractivity contribution in [3.63, 3.8) is 0 Å². The van der Waals surface area contributed by atoms with Crippen molar-refractivity contribution in [3.8, 4) is 23.4 Å². The summed E-state index contributed by atoms with van der Waals surface area (Å²) in [5, 5.41) is 12.9. The third-order valence-corrected chi connectivity index (χ3v) is 11.8. The van der Waals surface area contributed by atoms with Gasteiger partial charge in [-0.25, -0.2) is 18.2 Å². The van der Waals surface area contributed by atoms with Gasteiger partial charge in [0.2, 0.25) is 5.88 Å². The second-order valence-corrected chi connectivity index (χ2v) is 14.3. The first-order valence-corrected chi connectivity index (χ1v) is 18.5. The molecule has 278 valence electrons. The summed E-state index contributed by atoms with van der Waals surface area (Å²) in [6, 6.07) is 13.5. The van der Waals surface area contributed by atoms with Gasteiger partial charge in [0.15, 0.2) is 5.54 Å². The van der Waals surface area contributed by atoms with Gasteiger partial charge in [-0.15, -0.1) is 0 Å². The predicted octanol–water partition coefficient (Wildman–Crippen LogP) is 3.80. The number of amides is 3. The standard InChI is InChI=1S/C36H43N7O7S.CH4/c1-5-40-16-13-26(14-17-40)41-18-20-42(21-19-41)35(45)39-36(28-8-7-15-38-33(28)50-6-2)29-22-25(24-37)9-11-30(29)43(34(36)44)51(46,47)32-12-10-27(48-3)23-31(32)49-4;/h7-12,15,22-23,26H,5-6,13-14,16-21H2,1-4H3,(H,39,45);1H4/t36-;/m1./s1. The summed E-state index contributed by atoms with van der Waals surface area (Å²) in [5.74, 6) is -0.656. The summed E-state index contributed by atoms with van der Waals surface area (Å²) in [6.45, 7) is 9.37. The summed E-state index contributed by atoms with van der Waals surface area (Å²) in [6.07, 6.45) is 3.62. The van der Waals surface area contributed by atoms with Gasteiger partial charge in [-0.1, -0.05) is 14.4 Å². The molecular formula is C37H47N7O7S. The molecule has 2 aromatic carbocycles. The number of piperazine rings is 1. The van der Waals surface area contributed by atoms with E-state index in [1.807, 2.05) is 0 Å². The quantitative estimate of drug-likeness (QED) is 0.323. The number of likely N-dealkylation sites (tertiary alicyclic amines) is 1. The number of fused-ring (bicyclic) bond motifs is 1. The topological polar surface area (TPSA) is 158 Å². The summed E-state index contributed by atoms with van der Waals surface area (Å²) in [7, 11) is -1.94. The number of pyridine rings is 1. The average molecular weight is 734 g/mol. The minimum absolute atomic E-state index is 0. The Hall–Kier alpha value is -4.91. The maximum atomic E-state index is 15.2. The Balaban J connectivity index is 0.00000523. The number of benzene rings is 2. The van der Waals surface area contributed by atoms with E-state index in [0.717, 1.165) is 32.5 Å². The summed E-state index contributed by atoms with van der Waals surface area (Å²) in [5.41, 5.74) is -1.80. The molecule has 6 rings (SSSR count). The molecule has 0 unspecified atom stereocenters. The largest absolute Gasteiger partial charge is 0.497 e. The van der Waals surface area contributed by atoms with E-state index in [9.17, 15) is 18.5 Å². The number of ether oxygens (including phenoxy) is 3. The van der Waals surface area contributed by atoms with Crippen LogP contribution in [0, 0.1) is 11.3 Å². The highest BCUT2D eigenvalue weighted by Gasteiger charge is 2.59. The minimum atomic E-state index is -4.70. The van der Waals surface area contributed by atoms with Crippen LogP contribution in [0.3, 0.4) is 0 Å². The smallest absolute Gasteiger partial charge is 0.318 e. The number of aromatic nitrogens is 1. The zero-order valence-corrected chi connectivity index (χ0v) is 30.1. The van der Waals surface area contributed by atoms with E-state index in [1.54, 1.807) is 24.0 Å². The first-order chi connectivity index (χ1) is 24.6. The van der Waals surface area contributed by atoms with Crippen molar-refractivity contribution < 1.29 is 32.2 Å². The van der Waals surface area contributed by atoms with Crippen molar-refractivity contribution in [1.29, 1.82) is 5.26 Å². The van der Waals surface area contributed by atoms with Crippen LogP contribution in [0.4, 0.5) is 10.5 Å². The van der Waals surface area contributed by atoms with Gasteiger partial charge < -0.3 is 29.3 Å². The molecule has 1 N–H and O–H groups in total. The fourth-order valence-electron chi connectivity index (χ4n) is 7.29. The second-order valence-electron chi connectivity index (χ2n) is 12.6. The fraction of sp³-hybridized carbons (Fsp3) is 0.459. The molecule has 0 spiro atoms. The van der Waals surface area contributed by atoms with E-state index in [1.165, 1.54) is 56.8 Å². The number of carbonyl (C=O) groups excluding carboxylic acids is 2. The average Bonchev–Trinajstić information content (AvgIpc) is 3.42. The fourth-order valence-corrected chi connectivity index (χ4v) is 8.90. The van der Waals surface area contributed by atoms with E-state index in [2.05, 4.69) is 33.1 Å². The lowest BCUT2D eigenvalue weighted by molar-refractivity contribution is -0.121. The van der Waals surface area contributed by atoms with Crippen molar-refractivity contribution in [2.45, 2.75) is 50.6 Å². The molecule has 1 atom stereocenters. The Bertz CT molecular complexity index is 1940. The SMILES string of the molecule is C.CCOc1ncccc1[C@]1(NC(=O)N2CCN(C3CCN(CC)CC3)CC2)C(=O)N(S(=O)(=O)c2ccc(OC)cc2OC)c2ccc(C#N)cc21. The van der Waals surface area contributed by atoms with Gasteiger partial charge >= 0.3 is 6.03 Å².